The molecule has 0 aromatic rings. The molecule has 3 fully saturated rings. The molecule has 2 spiro atoms. The summed E-state index contributed by atoms with van der Waals surface area (Å²) in [7, 11) is 0. The van der Waals surface area contributed by atoms with Crippen LogP contribution in [0.1, 0.15) is 19.3 Å². The molecule has 54 valence electrons. The summed E-state index contributed by atoms with van der Waals surface area (Å²) < 4.78 is 0. The van der Waals surface area contributed by atoms with Crippen molar-refractivity contribution in [3.05, 3.63) is 0 Å². The molecule has 3 aliphatic rings. The van der Waals surface area contributed by atoms with Gasteiger partial charge in [-0.3, -0.25) is 4.79 Å². The molecule has 1 aliphatic heterocycles. The molecule has 0 aromatic carbocycles. The van der Waals surface area contributed by atoms with Gasteiger partial charge in [-0.1, -0.05) is 0 Å². The number of carbonyl (C=O) groups is 1. The molecule has 0 radical (unpaired) electrons. The van der Waals surface area contributed by atoms with Crippen LogP contribution in [-0.2, 0) is 4.79 Å². The Balaban J connectivity index is 1.99. The Bertz CT molecular complexity index is 234. The smallest absolute Gasteiger partial charge is 0.229 e. The highest BCUT2D eigenvalue weighted by Crippen LogP contribution is 2.68. The van der Waals surface area contributed by atoms with E-state index in [0.717, 1.165) is 19.3 Å². The van der Waals surface area contributed by atoms with Gasteiger partial charge in [-0.2, -0.15) is 0 Å². The summed E-state index contributed by atoms with van der Waals surface area (Å²) in [5.74, 6) is 0.250. The summed E-state index contributed by atoms with van der Waals surface area (Å²) in [5, 5.41) is 2.93. The Hall–Kier alpha value is -0.570. The Kier molecular flexibility index (Phi) is 0.520. The van der Waals surface area contributed by atoms with E-state index in [4.69, 9.17) is 5.73 Å². The minimum absolute atomic E-state index is 0.0341. The first-order chi connectivity index (χ1) is 4.71. The van der Waals surface area contributed by atoms with Crippen LogP contribution in [0.4, 0.5) is 0 Å². The molecule has 2 saturated carbocycles. The van der Waals surface area contributed by atoms with Gasteiger partial charge < -0.3 is 11.1 Å². The molecule has 2 atom stereocenters. The topological polar surface area (TPSA) is 55.1 Å². The lowest BCUT2D eigenvalue weighted by Crippen LogP contribution is -2.65. The Morgan fingerprint density at radius 3 is 2.40 bits per heavy atom. The summed E-state index contributed by atoms with van der Waals surface area (Å²) >= 11 is 0. The molecule has 3 N–H and O–H groups in total. The van der Waals surface area contributed by atoms with Gasteiger partial charge in [0.05, 0.1) is 11.0 Å². The van der Waals surface area contributed by atoms with Crippen LogP contribution in [0.25, 0.3) is 0 Å². The third-order valence-electron chi connectivity index (χ3n) is 3.39. The average molecular weight is 138 g/mol. The van der Waals surface area contributed by atoms with E-state index < -0.39 is 0 Å². The van der Waals surface area contributed by atoms with E-state index in [2.05, 4.69) is 5.32 Å². The van der Waals surface area contributed by atoms with Gasteiger partial charge in [-0.15, -0.1) is 0 Å². The van der Waals surface area contributed by atoms with Gasteiger partial charge in [0.2, 0.25) is 5.91 Å². The molecule has 10 heavy (non-hydrogen) atoms. The quantitative estimate of drug-likeness (QED) is 0.438. The number of nitrogens with one attached hydrogen (secondary N) is 1. The summed E-state index contributed by atoms with van der Waals surface area (Å²) in [5.41, 5.74) is 5.85. The van der Waals surface area contributed by atoms with E-state index in [-0.39, 0.29) is 22.9 Å². The number of β-lactam (4-membered cyclic amide) rings is 1. The van der Waals surface area contributed by atoms with Gasteiger partial charge in [0.1, 0.15) is 0 Å². The predicted octanol–water partition coefficient (Wildman–Crippen LogP) is -0.634. The second kappa shape index (κ2) is 1.01. The lowest BCUT2D eigenvalue weighted by Gasteiger charge is -2.38. The van der Waals surface area contributed by atoms with Crippen LogP contribution in [0, 0.1) is 5.41 Å². The molecule has 3 nitrogen and oxygen atoms in total. The largest absolute Gasteiger partial charge is 0.347 e. The number of nitrogens with two attached hydrogens (primary N) is 1. The zero-order chi connectivity index (χ0) is 6.98. The van der Waals surface area contributed by atoms with E-state index in [9.17, 15) is 4.79 Å². The van der Waals surface area contributed by atoms with Gasteiger partial charge in [0.15, 0.2) is 0 Å². The molecule has 2 aliphatic carbocycles. The molecule has 0 unspecified atom stereocenters. The van der Waals surface area contributed by atoms with Gasteiger partial charge in [0, 0.05) is 6.04 Å². The van der Waals surface area contributed by atoms with Crippen LogP contribution in [-0.4, -0.2) is 17.5 Å². The van der Waals surface area contributed by atoms with Crippen molar-refractivity contribution in [1.29, 1.82) is 0 Å². The van der Waals surface area contributed by atoms with Gasteiger partial charge in [-0.25, -0.2) is 0 Å². The predicted molar refractivity (Wildman–Crippen MR) is 35.1 cm³/mol. The summed E-state index contributed by atoms with van der Waals surface area (Å²) in [4.78, 5) is 11.0. The maximum Gasteiger partial charge on any atom is 0.229 e. The molecular formula is C7H10N2O. The fourth-order valence-electron chi connectivity index (χ4n) is 2.36. The van der Waals surface area contributed by atoms with Crippen LogP contribution in [0.5, 0.6) is 0 Å². The lowest BCUT2D eigenvalue weighted by molar-refractivity contribution is -0.139. The van der Waals surface area contributed by atoms with Crippen molar-refractivity contribution in [2.45, 2.75) is 30.8 Å². The van der Waals surface area contributed by atoms with Gasteiger partial charge >= 0.3 is 0 Å². The van der Waals surface area contributed by atoms with Crippen LogP contribution in [0.15, 0.2) is 0 Å². The minimum Gasteiger partial charge on any atom is -0.347 e. The molecule has 1 saturated heterocycles. The second-order valence-electron chi connectivity index (χ2n) is 3.82. The molecular weight excluding hydrogens is 128 g/mol. The Morgan fingerprint density at radius 2 is 2.20 bits per heavy atom. The number of fused-ring (bicyclic) bond motifs is 1. The monoisotopic (exact) mass is 138 g/mol. The number of hydrogen-bond donors (Lipinski definition) is 2. The Morgan fingerprint density at radius 1 is 1.60 bits per heavy atom. The minimum atomic E-state index is 0.0341. The van der Waals surface area contributed by atoms with Crippen LogP contribution in [0.3, 0.4) is 0 Å². The van der Waals surface area contributed by atoms with Crippen molar-refractivity contribution in [3.8, 4) is 0 Å². The highest BCUT2D eigenvalue weighted by Gasteiger charge is 2.81. The second-order valence-corrected chi connectivity index (χ2v) is 3.82. The first-order valence-corrected chi connectivity index (χ1v) is 3.80. The van der Waals surface area contributed by atoms with Crippen LogP contribution >= 0.6 is 0 Å². The van der Waals surface area contributed by atoms with E-state index in [1.54, 1.807) is 0 Å². The van der Waals surface area contributed by atoms with Crippen molar-refractivity contribution in [3.63, 3.8) is 0 Å². The number of amides is 1. The van der Waals surface area contributed by atoms with Crippen molar-refractivity contribution in [2.75, 3.05) is 0 Å². The van der Waals surface area contributed by atoms with Gasteiger partial charge in [0.25, 0.3) is 0 Å². The molecule has 3 rings (SSSR count). The first-order valence-electron chi connectivity index (χ1n) is 3.80. The number of hydrogen-bond acceptors (Lipinski definition) is 2. The third kappa shape index (κ3) is 0.275. The van der Waals surface area contributed by atoms with E-state index in [1.807, 2.05) is 0 Å². The van der Waals surface area contributed by atoms with E-state index in [0.29, 0.717) is 0 Å². The fourth-order valence-corrected chi connectivity index (χ4v) is 2.36. The third-order valence-corrected chi connectivity index (χ3v) is 3.39. The molecule has 3 heteroatoms. The molecule has 0 bridgehead atoms. The van der Waals surface area contributed by atoms with Crippen molar-refractivity contribution < 1.29 is 4.79 Å². The lowest BCUT2D eigenvalue weighted by atomic mass is 9.83. The van der Waals surface area contributed by atoms with Crippen LogP contribution < -0.4 is 11.1 Å². The SMILES string of the molecule is N[C@@H]1C[C@]12NC(=O)C21CC1. The molecule has 1 amide bonds. The van der Waals surface area contributed by atoms with Crippen molar-refractivity contribution >= 4 is 5.91 Å². The molecule has 0 aromatic heterocycles. The summed E-state index contributed by atoms with van der Waals surface area (Å²) in [6, 6.07) is 0.257. The number of rotatable bonds is 0. The Labute approximate surface area is 59.0 Å². The highest BCUT2D eigenvalue weighted by molar-refractivity contribution is 5.96. The fraction of sp³-hybridized carbons (Fsp3) is 0.857. The van der Waals surface area contributed by atoms with E-state index >= 15 is 0 Å². The standard InChI is InChI=1S/C7H10N2O/c8-4-3-7(4)6(1-2-6)5(10)9-7/h4H,1-3,8H2,(H,9,10)/t4-,7+/m1/s1. The maximum absolute atomic E-state index is 11.0. The van der Waals surface area contributed by atoms with E-state index in [1.165, 1.54) is 0 Å². The van der Waals surface area contributed by atoms with Gasteiger partial charge in [-0.05, 0) is 19.3 Å². The molecule has 1 heterocycles. The average Bonchev–Trinajstić information content (AvgIpc) is 2.65. The zero-order valence-corrected chi connectivity index (χ0v) is 5.68. The maximum atomic E-state index is 11.0. The highest BCUT2D eigenvalue weighted by atomic mass is 16.2. The number of carbonyl (C=O) groups excluding carboxylic acids is 1. The summed E-state index contributed by atoms with van der Waals surface area (Å²) in [6.45, 7) is 0. The van der Waals surface area contributed by atoms with Crippen LogP contribution in [0.2, 0.25) is 0 Å². The van der Waals surface area contributed by atoms with Crippen molar-refractivity contribution in [2.24, 2.45) is 11.1 Å². The summed E-state index contributed by atoms with van der Waals surface area (Å²) in [6.07, 6.45) is 3.16. The zero-order valence-electron chi connectivity index (χ0n) is 5.68. The van der Waals surface area contributed by atoms with Crippen molar-refractivity contribution in [1.82, 2.24) is 5.32 Å². The normalized spacial score (nSPS) is 52.5. The first kappa shape index (κ1) is 5.13.